The summed E-state index contributed by atoms with van der Waals surface area (Å²) in [5.74, 6) is 0.0572. The number of hydrogen-bond donors (Lipinski definition) is 1. The minimum Gasteiger partial charge on any atom is -0.435 e. The van der Waals surface area contributed by atoms with Crippen LogP contribution in [-0.2, 0) is 4.79 Å². The average molecular weight is 319 g/mol. The average Bonchev–Trinajstić information content (AvgIpc) is 2.94. The number of carbonyl (C=O) groups is 1. The highest BCUT2D eigenvalue weighted by molar-refractivity contribution is 6.36. The summed E-state index contributed by atoms with van der Waals surface area (Å²) in [5, 5.41) is 8.07. The van der Waals surface area contributed by atoms with E-state index in [-0.39, 0.29) is 23.5 Å². The van der Waals surface area contributed by atoms with Crippen molar-refractivity contribution in [1.82, 2.24) is 0 Å². The van der Waals surface area contributed by atoms with E-state index >= 15 is 0 Å². The minimum atomic E-state index is -2.84. The maximum Gasteiger partial charge on any atom is 0.387 e. The molecular weight excluding hydrogens is 304 g/mol. The van der Waals surface area contributed by atoms with Gasteiger partial charge < -0.3 is 10.1 Å². The molecule has 0 aromatic heterocycles. The predicted octanol–water partition coefficient (Wildman–Crippen LogP) is 3.20. The summed E-state index contributed by atoms with van der Waals surface area (Å²) < 4.78 is 28.7. The normalized spacial score (nSPS) is 24.2. The zero-order chi connectivity index (χ0) is 16.4. The quantitative estimate of drug-likeness (QED) is 0.925. The van der Waals surface area contributed by atoms with Gasteiger partial charge in [-0.15, -0.1) is 0 Å². The lowest BCUT2D eigenvalue weighted by molar-refractivity contribution is -0.111. The fraction of sp³-hybridized carbons (Fsp3) is 0.375. The summed E-state index contributed by atoms with van der Waals surface area (Å²) >= 11 is 0. The highest BCUT2D eigenvalue weighted by atomic mass is 19.3. The maximum atomic E-state index is 12.2. The first-order chi connectivity index (χ1) is 11.0. The third-order valence-electron chi connectivity index (χ3n) is 4.12. The van der Waals surface area contributed by atoms with Gasteiger partial charge in [0.1, 0.15) is 11.6 Å². The zero-order valence-corrected chi connectivity index (χ0v) is 12.2. The largest absolute Gasteiger partial charge is 0.435 e. The third kappa shape index (κ3) is 3.49. The van der Waals surface area contributed by atoms with Crippen molar-refractivity contribution in [3.63, 3.8) is 0 Å². The molecule has 2 atom stereocenters. The smallest absolute Gasteiger partial charge is 0.387 e. The van der Waals surface area contributed by atoms with E-state index in [1.165, 1.54) is 18.3 Å². The molecule has 1 fully saturated rings. The summed E-state index contributed by atoms with van der Waals surface area (Å²) in [5.41, 5.74) is 1.53. The molecule has 2 aliphatic rings. The van der Waals surface area contributed by atoms with Gasteiger partial charge in [0.15, 0.2) is 0 Å². The van der Waals surface area contributed by atoms with Crippen molar-refractivity contribution >= 4 is 23.7 Å². The molecule has 1 amide bonds. The van der Waals surface area contributed by atoms with Crippen LogP contribution < -0.4 is 4.74 Å². The number of benzene rings is 1. The van der Waals surface area contributed by atoms with Crippen molar-refractivity contribution in [2.24, 2.45) is 15.9 Å². The summed E-state index contributed by atoms with van der Waals surface area (Å²) in [6, 6.07) is 6.56. The molecule has 5 nitrogen and oxygen atoms in total. The fourth-order valence-electron chi connectivity index (χ4n) is 2.99. The van der Waals surface area contributed by atoms with Gasteiger partial charge in [0.2, 0.25) is 0 Å². The monoisotopic (exact) mass is 319 g/mol. The molecule has 1 aliphatic carbocycles. The molecule has 1 N–H and O–H groups in total. The molecule has 0 spiro atoms. The summed E-state index contributed by atoms with van der Waals surface area (Å²) in [4.78, 5) is 19.0. The molecule has 0 bridgehead atoms. The van der Waals surface area contributed by atoms with Crippen LogP contribution in [0.25, 0.3) is 0 Å². The first kappa shape index (κ1) is 15.5. The number of alkyl halides is 2. The van der Waals surface area contributed by atoms with E-state index in [0.717, 1.165) is 12.0 Å². The van der Waals surface area contributed by atoms with Crippen LogP contribution in [0.4, 0.5) is 8.78 Å². The van der Waals surface area contributed by atoms with E-state index in [9.17, 15) is 13.6 Å². The molecule has 23 heavy (non-hydrogen) atoms. The molecule has 1 aliphatic heterocycles. The number of rotatable bonds is 4. The molecule has 0 radical (unpaired) electrons. The van der Waals surface area contributed by atoms with E-state index in [1.807, 2.05) is 0 Å². The Hall–Kier alpha value is -2.44. The Morgan fingerprint density at radius 1 is 1.26 bits per heavy atom. The van der Waals surface area contributed by atoms with Crippen molar-refractivity contribution in [2.75, 3.05) is 0 Å². The molecule has 1 aromatic carbocycles. The predicted molar refractivity (Wildman–Crippen MR) is 81.8 cm³/mol. The van der Waals surface area contributed by atoms with Gasteiger partial charge in [0, 0.05) is 5.71 Å². The van der Waals surface area contributed by atoms with Gasteiger partial charge in [-0.1, -0.05) is 12.1 Å². The van der Waals surface area contributed by atoms with E-state index in [0.29, 0.717) is 24.4 Å². The van der Waals surface area contributed by atoms with Gasteiger partial charge in [0.05, 0.1) is 12.1 Å². The van der Waals surface area contributed by atoms with Crippen molar-refractivity contribution in [1.29, 1.82) is 5.41 Å². The van der Waals surface area contributed by atoms with Gasteiger partial charge in [0.25, 0.3) is 5.91 Å². The van der Waals surface area contributed by atoms with E-state index in [1.54, 1.807) is 12.1 Å². The Balaban J connectivity index is 1.73. The molecule has 120 valence electrons. The number of aliphatic imine (C=N–C) groups is 2. The second kappa shape index (κ2) is 6.36. The van der Waals surface area contributed by atoms with Crippen LogP contribution in [0.3, 0.4) is 0 Å². The van der Waals surface area contributed by atoms with Crippen molar-refractivity contribution < 1.29 is 18.3 Å². The fourth-order valence-corrected chi connectivity index (χ4v) is 2.99. The number of ether oxygens (including phenoxy) is 1. The van der Waals surface area contributed by atoms with Crippen LogP contribution in [0.5, 0.6) is 5.75 Å². The van der Waals surface area contributed by atoms with Gasteiger partial charge in [-0.3, -0.25) is 4.79 Å². The topological polar surface area (TPSA) is 74.9 Å². The lowest BCUT2D eigenvalue weighted by Crippen LogP contribution is -2.28. The molecule has 7 heteroatoms. The lowest BCUT2D eigenvalue weighted by atomic mass is 9.76. The molecule has 1 aromatic rings. The first-order valence-corrected chi connectivity index (χ1v) is 7.31. The molecule has 2 unspecified atom stereocenters. The van der Waals surface area contributed by atoms with Gasteiger partial charge in [-0.25, -0.2) is 4.99 Å². The Morgan fingerprint density at radius 3 is 2.61 bits per heavy atom. The van der Waals surface area contributed by atoms with Gasteiger partial charge in [-0.05, 0) is 42.9 Å². The van der Waals surface area contributed by atoms with E-state index < -0.39 is 6.61 Å². The van der Waals surface area contributed by atoms with Crippen LogP contribution in [0, 0.1) is 11.3 Å². The number of nitrogens with zero attached hydrogens (tertiary/aromatic N) is 2. The Bertz CT molecular complexity index is 683. The highest BCUT2D eigenvalue weighted by Gasteiger charge is 2.32. The first-order valence-electron chi connectivity index (χ1n) is 7.31. The number of nitrogens with one attached hydrogen (secondary N) is 1. The number of hydrogen-bond acceptors (Lipinski definition) is 4. The molecule has 1 saturated carbocycles. The van der Waals surface area contributed by atoms with Crippen LogP contribution in [0.15, 0.2) is 34.3 Å². The lowest BCUT2D eigenvalue weighted by Gasteiger charge is -2.29. The number of amides is 1. The number of amidine groups is 1. The zero-order valence-electron chi connectivity index (χ0n) is 12.2. The highest BCUT2D eigenvalue weighted by Crippen LogP contribution is 2.36. The molecule has 1 heterocycles. The molecule has 0 saturated heterocycles. The molecular formula is C16H15F2N3O2. The van der Waals surface area contributed by atoms with Crippen LogP contribution in [0.1, 0.15) is 30.7 Å². The van der Waals surface area contributed by atoms with Crippen LogP contribution in [0.2, 0.25) is 0 Å². The van der Waals surface area contributed by atoms with Crippen molar-refractivity contribution in [3.8, 4) is 5.75 Å². The van der Waals surface area contributed by atoms with Gasteiger partial charge in [-0.2, -0.15) is 13.8 Å². The SMILES string of the molecule is N=C1CCC(c2ccc(OC(F)F)cc2)CC1C1=NC(=O)C=N1. The summed E-state index contributed by atoms with van der Waals surface area (Å²) in [6.07, 6.45) is 3.21. The Labute approximate surface area is 131 Å². The van der Waals surface area contributed by atoms with Crippen LogP contribution >= 0.6 is 0 Å². The van der Waals surface area contributed by atoms with Crippen LogP contribution in [-0.4, -0.2) is 30.3 Å². The number of carbonyl (C=O) groups excluding carboxylic acids is 1. The second-order valence-electron chi connectivity index (χ2n) is 5.56. The van der Waals surface area contributed by atoms with E-state index in [4.69, 9.17) is 5.41 Å². The Morgan fingerprint density at radius 2 is 2.00 bits per heavy atom. The minimum absolute atomic E-state index is 0.124. The van der Waals surface area contributed by atoms with Crippen molar-refractivity contribution in [3.05, 3.63) is 29.8 Å². The third-order valence-corrected chi connectivity index (χ3v) is 4.12. The van der Waals surface area contributed by atoms with E-state index in [2.05, 4.69) is 14.7 Å². The van der Waals surface area contributed by atoms with Gasteiger partial charge >= 0.3 is 6.61 Å². The maximum absolute atomic E-state index is 12.2. The Kier molecular flexibility index (Phi) is 4.27. The summed E-state index contributed by atoms with van der Waals surface area (Å²) in [7, 11) is 0. The molecule has 3 rings (SSSR count). The number of halogens is 2. The standard InChI is InChI=1S/C16H15F2N3O2/c17-16(18)23-11-4-1-9(2-5-11)10-3-6-13(19)12(7-10)15-20-8-14(22)21-15/h1-2,4-5,8,10,12,16,19H,3,6-7H2. The second-order valence-corrected chi connectivity index (χ2v) is 5.56. The van der Waals surface area contributed by atoms with Crippen molar-refractivity contribution in [2.45, 2.75) is 31.8 Å². The summed E-state index contributed by atoms with van der Waals surface area (Å²) in [6.45, 7) is -2.84.